The number of para-hydroxylation sites is 2. The van der Waals surface area contributed by atoms with Crippen molar-refractivity contribution in [1.82, 2.24) is 0 Å². The lowest BCUT2D eigenvalue weighted by Gasteiger charge is -2.19. The number of hydrogen-bond donors (Lipinski definition) is 0. The highest BCUT2D eigenvalue weighted by atomic mass is 32.2. The summed E-state index contributed by atoms with van der Waals surface area (Å²) >= 11 is 3.87. The molecular formula is C23H23N2S2+. The normalized spacial score (nSPS) is 19.0. The first kappa shape index (κ1) is 17.1. The number of aromatic nitrogens is 1. The largest absolute Gasteiger partial charge is 0.335 e. The SMILES string of the molecule is CCN1C(=C2C=C(c3sc4ccccc4[n+]3CC)CC2)Sc2ccccc21. The quantitative estimate of drug-likeness (QED) is 0.489. The Morgan fingerprint density at radius 1 is 1.00 bits per heavy atom. The molecular weight excluding hydrogens is 368 g/mol. The molecule has 2 nitrogen and oxygen atoms in total. The van der Waals surface area contributed by atoms with Crippen molar-refractivity contribution >= 4 is 44.6 Å². The number of nitrogens with zero attached hydrogens (tertiary/aromatic N) is 2. The van der Waals surface area contributed by atoms with Gasteiger partial charge in [0.25, 0.3) is 5.01 Å². The molecule has 0 amide bonds. The Bertz CT molecular complexity index is 1090. The fraction of sp³-hybridized carbons (Fsp3) is 0.261. The molecule has 0 radical (unpaired) electrons. The van der Waals surface area contributed by atoms with Crippen LogP contribution in [0.2, 0.25) is 0 Å². The van der Waals surface area contributed by atoms with Crippen molar-refractivity contribution in [2.75, 3.05) is 11.4 Å². The van der Waals surface area contributed by atoms with Crippen LogP contribution in [0.1, 0.15) is 31.7 Å². The van der Waals surface area contributed by atoms with E-state index in [0.29, 0.717) is 0 Å². The van der Waals surface area contributed by atoms with Crippen molar-refractivity contribution in [2.45, 2.75) is 38.1 Å². The van der Waals surface area contributed by atoms with Gasteiger partial charge >= 0.3 is 0 Å². The fourth-order valence-electron chi connectivity index (χ4n) is 4.14. The van der Waals surface area contributed by atoms with Gasteiger partial charge in [-0.2, -0.15) is 4.57 Å². The van der Waals surface area contributed by atoms with Crippen molar-refractivity contribution in [2.24, 2.45) is 0 Å². The Kier molecular flexibility index (Phi) is 4.33. The summed E-state index contributed by atoms with van der Waals surface area (Å²) in [6, 6.07) is 17.6. The summed E-state index contributed by atoms with van der Waals surface area (Å²) in [5, 5.41) is 2.86. The maximum absolute atomic E-state index is 2.48. The van der Waals surface area contributed by atoms with Gasteiger partial charge in [0.2, 0.25) is 5.52 Å². The lowest BCUT2D eigenvalue weighted by atomic mass is 10.2. The minimum absolute atomic E-state index is 1.02. The number of aryl methyl sites for hydroxylation is 1. The third-order valence-electron chi connectivity index (χ3n) is 5.41. The van der Waals surface area contributed by atoms with Crippen LogP contribution in [0.5, 0.6) is 0 Å². The zero-order valence-electron chi connectivity index (χ0n) is 15.7. The van der Waals surface area contributed by atoms with E-state index in [1.165, 1.54) is 42.0 Å². The molecule has 1 aliphatic heterocycles. The minimum atomic E-state index is 1.02. The Morgan fingerprint density at radius 3 is 2.67 bits per heavy atom. The topological polar surface area (TPSA) is 7.12 Å². The van der Waals surface area contributed by atoms with Crippen molar-refractivity contribution in [3.05, 3.63) is 70.2 Å². The zero-order chi connectivity index (χ0) is 18.4. The van der Waals surface area contributed by atoms with Gasteiger partial charge in [-0.3, -0.25) is 0 Å². The number of fused-ring (bicyclic) bond motifs is 2. The van der Waals surface area contributed by atoms with E-state index < -0.39 is 0 Å². The first-order chi connectivity index (χ1) is 13.3. The molecule has 5 rings (SSSR count). The van der Waals surface area contributed by atoms with Crippen molar-refractivity contribution < 1.29 is 4.57 Å². The summed E-state index contributed by atoms with van der Waals surface area (Å²) in [5.74, 6) is 0. The Balaban J connectivity index is 1.59. The molecule has 4 heteroatoms. The van der Waals surface area contributed by atoms with Crippen molar-refractivity contribution in [3.63, 3.8) is 0 Å². The summed E-state index contributed by atoms with van der Waals surface area (Å²) in [5.41, 5.74) is 5.71. The number of thiazole rings is 1. The molecule has 2 heterocycles. The van der Waals surface area contributed by atoms with Crippen LogP contribution in [-0.2, 0) is 6.54 Å². The second-order valence-electron chi connectivity index (χ2n) is 6.93. The van der Waals surface area contributed by atoms with Gasteiger partial charge in [-0.05, 0) is 56.5 Å². The van der Waals surface area contributed by atoms with Gasteiger partial charge in [0.05, 0.1) is 10.7 Å². The second-order valence-corrected chi connectivity index (χ2v) is 8.99. The van der Waals surface area contributed by atoms with E-state index in [-0.39, 0.29) is 0 Å². The second kappa shape index (κ2) is 6.84. The van der Waals surface area contributed by atoms with Gasteiger partial charge < -0.3 is 4.90 Å². The molecule has 2 aromatic carbocycles. The van der Waals surface area contributed by atoms with Gasteiger partial charge in [-0.1, -0.05) is 47.4 Å². The standard InChI is InChI=1S/C23H23N2S2/c1-3-24-18-9-5-7-11-20(18)26-22(24)16-13-14-17(15-16)23-25(4-2)19-10-6-8-12-21(19)27-23/h5-12,15H,3-4,13-14H2,1-2H3/q+1. The summed E-state index contributed by atoms with van der Waals surface area (Å²) < 4.78 is 3.86. The van der Waals surface area contributed by atoms with Crippen LogP contribution in [0.4, 0.5) is 5.69 Å². The van der Waals surface area contributed by atoms with Crippen LogP contribution in [-0.4, -0.2) is 6.54 Å². The van der Waals surface area contributed by atoms with E-state index in [1.807, 2.05) is 23.1 Å². The zero-order valence-corrected chi connectivity index (χ0v) is 17.4. The molecule has 3 aromatic rings. The van der Waals surface area contributed by atoms with Crippen molar-refractivity contribution in [1.29, 1.82) is 0 Å². The monoisotopic (exact) mass is 391 g/mol. The van der Waals surface area contributed by atoms with Gasteiger partial charge in [-0.15, -0.1) is 0 Å². The van der Waals surface area contributed by atoms with E-state index in [2.05, 4.69) is 77.9 Å². The fourth-order valence-corrected chi connectivity index (χ4v) is 6.67. The number of hydrogen-bond acceptors (Lipinski definition) is 3. The molecule has 27 heavy (non-hydrogen) atoms. The molecule has 1 aromatic heterocycles. The lowest BCUT2D eigenvalue weighted by molar-refractivity contribution is -0.665. The van der Waals surface area contributed by atoms with E-state index >= 15 is 0 Å². The summed E-state index contributed by atoms with van der Waals surface area (Å²) in [6.07, 6.45) is 4.74. The van der Waals surface area contributed by atoms with Gasteiger partial charge in [-0.25, -0.2) is 0 Å². The predicted molar refractivity (Wildman–Crippen MR) is 117 cm³/mol. The summed E-state index contributed by atoms with van der Waals surface area (Å²) in [7, 11) is 0. The van der Waals surface area contributed by atoms with E-state index in [4.69, 9.17) is 0 Å². The molecule has 0 fully saturated rings. The van der Waals surface area contributed by atoms with Crippen LogP contribution in [0.25, 0.3) is 15.8 Å². The molecule has 0 N–H and O–H groups in total. The number of benzene rings is 2. The third kappa shape index (κ3) is 2.74. The van der Waals surface area contributed by atoms with Crippen molar-refractivity contribution in [3.8, 4) is 0 Å². The molecule has 0 saturated carbocycles. The molecule has 0 bridgehead atoms. The maximum atomic E-state index is 2.48. The third-order valence-corrected chi connectivity index (χ3v) is 7.89. The number of thioether (sulfide) groups is 1. The Morgan fingerprint density at radius 2 is 1.81 bits per heavy atom. The highest BCUT2D eigenvalue weighted by Gasteiger charge is 2.30. The molecule has 1 aliphatic carbocycles. The van der Waals surface area contributed by atoms with Crippen LogP contribution in [0, 0.1) is 0 Å². The van der Waals surface area contributed by atoms with Gasteiger partial charge in [0.15, 0.2) is 0 Å². The van der Waals surface area contributed by atoms with Crippen LogP contribution in [0.3, 0.4) is 0 Å². The first-order valence-corrected chi connectivity index (χ1v) is 11.3. The van der Waals surface area contributed by atoms with E-state index in [9.17, 15) is 0 Å². The highest BCUT2D eigenvalue weighted by Crippen LogP contribution is 2.49. The van der Waals surface area contributed by atoms with Gasteiger partial charge in [0, 0.05) is 23.1 Å². The van der Waals surface area contributed by atoms with E-state index in [0.717, 1.165) is 25.9 Å². The molecule has 0 unspecified atom stereocenters. The molecule has 0 atom stereocenters. The maximum Gasteiger partial charge on any atom is 0.265 e. The predicted octanol–water partition coefficient (Wildman–Crippen LogP) is 6.23. The molecule has 2 aliphatic rings. The van der Waals surface area contributed by atoms with E-state index in [1.54, 1.807) is 0 Å². The number of allylic oxidation sites excluding steroid dienone is 3. The average Bonchev–Trinajstić information content (AvgIpc) is 3.41. The van der Waals surface area contributed by atoms with Crippen LogP contribution < -0.4 is 9.47 Å². The molecule has 0 spiro atoms. The lowest BCUT2D eigenvalue weighted by Crippen LogP contribution is -2.34. The smallest absolute Gasteiger partial charge is 0.265 e. The van der Waals surface area contributed by atoms with Crippen LogP contribution >= 0.6 is 23.1 Å². The Hall–Kier alpha value is -2.04. The minimum Gasteiger partial charge on any atom is -0.335 e. The molecule has 0 saturated heterocycles. The Labute approximate surface area is 168 Å². The number of rotatable bonds is 3. The first-order valence-electron chi connectivity index (χ1n) is 9.70. The summed E-state index contributed by atoms with van der Waals surface area (Å²) in [6.45, 7) is 6.54. The summed E-state index contributed by atoms with van der Waals surface area (Å²) in [4.78, 5) is 3.86. The van der Waals surface area contributed by atoms with Crippen LogP contribution in [0.15, 0.2) is 70.1 Å². The number of anilines is 1. The van der Waals surface area contributed by atoms with Gasteiger partial charge in [0.1, 0.15) is 11.2 Å². The highest BCUT2D eigenvalue weighted by molar-refractivity contribution is 8.03. The average molecular weight is 392 g/mol. The molecule has 136 valence electrons.